The van der Waals surface area contributed by atoms with Gasteiger partial charge in [0.15, 0.2) is 30.9 Å². The quantitative estimate of drug-likeness (QED) is 0.0662. The first-order valence-corrected chi connectivity index (χ1v) is 21.4. The summed E-state index contributed by atoms with van der Waals surface area (Å²) in [6.07, 6.45) is -3.75. The molecule has 0 amide bonds. The average molecular weight is 869 g/mol. The summed E-state index contributed by atoms with van der Waals surface area (Å²) in [4.78, 5) is 36.7. The van der Waals surface area contributed by atoms with Crippen molar-refractivity contribution in [3.05, 3.63) is 46.6 Å². The van der Waals surface area contributed by atoms with Gasteiger partial charge in [0.2, 0.25) is 0 Å². The smallest absolute Gasteiger partial charge is 0.303 e. The first kappa shape index (κ1) is 52.3. The lowest BCUT2D eigenvalue weighted by molar-refractivity contribution is -0.324. The fourth-order valence-electron chi connectivity index (χ4n) is 7.72. The van der Waals surface area contributed by atoms with Crippen molar-refractivity contribution in [2.45, 2.75) is 200 Å². The number of hydrogen-bond acceptors (Lipinski definition) is 16. The molecule has 0 aromatic heterocycles. The Bertz CT molecular complexity index is 1540. The molecule has 15 atom stereocenters. The highest BCUT2D eigenvalue weighted by atomic mass is 16.7. The molecule has 61 heavy (non-hydrogen) atoms. The standard InChI is InChI=1S/C45H72O16/c1-24(2)14-11-15-25(3)16-12-17-26(4)18-13-19-27(5)20-21-54-44-33(37(50)38(51)35(61-44)23-55-45-40(53)39(52)36(49)28(6)57-45)22-34-42(59-31(9)47)43(60-32(10)48)41(29(7)56-34)58-30(8)46/h14,16,18,20,28-29,33-45,49-53H,11-13,15,17,19,21-23H2,1-10H3/b25-16+,26-18+,27-20+/t28-,29-,33+,34-,35+,36-,37+,38+,39+,40+,41-,42-,43+,44+,45+/m0/s1. The first-order valence-electron chi connectivity index (χ1n) is 21.4. The SMILES string of the molecule is CC(=O)O[C@@H]1[C@@H](OC(C)=O)[C@H](C)O[C@@H](C[C@H]2[C@H](OC/C=C(\C)CC/C=C(\C)CC/C=C(\C)CCC=C(C)C)O[C@H](CO[C@@H]3O[C@@H](C)[C@H](O)[C@@H](O)[C@H]3O)[C@@H](O)[C@@H]2O)[C@@H]1OC(C)=O. The van der Waals surface area contributed by atoms with Crippen LogP contribution in [0.25, 0.3) is 0 Å². The van der Waals surface area contributed by atoms with E-state index in [0.717, 1.165) is 57.9 Å². The summed E-state index contributed by atoms with van der Waals surface area (Å²) >= 11 is 0. The van der Waals surface area contributed by atoms with Crippen LogP contribution in [0.15, 0.2) is 46.6 Å². The molecule has 3 saturated heterocycles. The van der Waals surface area contributed by atoms with Crippen LogP contribution in [0.4, 0.5) is 0 Å². The number of esters is 3. The van der Waals surface area contributed by atoms with Gasteiger partial charge in [0.25, 0.3) is 0 Å². The number of carbonyl (C=O) groups is 3. The topological polar surface area (TPSA) is 226 Å². The molecule has 3 heterocycles. The highest BCUT2D eigenvalue weighted by Gasteiger charge is 2.54. The van der Waals surface area contributed by atoms with Gasteiger partial charge < -0.3 is 63.4 Å². The van der Waals surface area contributed by atoms with Crippen molar-refractivity contribution in [3.8, 4) is 0 Å². The third-order valence-corrected chi connectivity index (χ3v) is 11.2. The second-order valence-electron chi connectivity index (χ2n) is 16.9. The van der Waals surface area contributed by atoms with Crippen LogP contribution >= 0.6 is 0 Å². The normalized spacial score (nSPS) is 35.0. The molecule has 3 rings (SSSR count). The summed E-state index contributed by atoms with van der Waals surface area (Å²) < 4.78 is 46.6. The zero-order valence-corrected chi connectivity index (χ0v) is 37.6. The molecule has 3 aliphatic heterocycles. The van der Waals surface area contributed by atoms with Crippen LogP contribution in [0.3, 0.4) is 0 Å². The van der Waals surface area contributed by atoms with Crippen LogP contribution in [0.5, 0.6) is 0 Å². The van der Waals surface area contributed by atoms with Crippen LogP contribution in [0.2, 0.25) is 0 Å². The van der Waals surface area contributed by atoms with Gasteiger partial charge >= 0.3 is 17.9 Å². The predicted molar refractivity (Wildman–Crippen MR) is 222 cm³/mol. The van der Waals surface area contributed by atoms with Gasteiger partial charge in [0.05, 0.1) is 37.6 Å². The number of allylic oxidation sites excluding steroid dienone is 7. The minimum absolute atomic E-state index is 0.0504. The summed E-state index contributed by atoms with van der Waals surface area (Å²) in [5.41, 5.74) is 5.08. The van der Waals surface area contributed by atoms with E-state index in [1.165, 1.54) is 30.6 Å². The summed E-state index contributed by atoms with van der Waals surface area (Å²) in [7, 11) is 0. The minimum Gasteiger partial charge on any atom is -0.456 e. The molecular formula is C45H72O16. The summed E-state index contributed by atoms with van der Waals surface area (Å²) in [6.45, 7) is 16.8. The molecule has 0 aromatic carbocycles. The van der Waals surface area contributed by atoms with Crippen molar-refractivity contribution < 1.29 is 77.8 Å². The van der Waals surface area contributed by atoms with Gasteiger partial charge in [-0.1, -0.05) is 46.6 Å². The molecule has 0 bridgehead atoms. The molecule has 0 radical (unpaired) electrons. The van der Waals surface area contributed by atoms with Crippen LogP contribution in [0, 0.1) is 5.92 Å². The van der Waals surface area contributed by atoms with E-state index < -0.39 is 116 Å². The van der Waals surface area contributed by atoms with E-state index in [1.807, 2.05) is 13.0 Å². The number of carbonyl (C=O) groups excluding carboxylic acids is 3. The monoisotopic (exact) mass is 868 g/mol. The van der Waals surface area contributed by atoms with Crippen LogP contribution in [0.1, 0.15) is 114 Å². The first-order chi connectivity index (χ1) is 28.7. The fraction of sp³-hybridized carbons (Fsp3) is 0.756. The van der Waals surface area contributed by atoms with Crippen molar-refractivity contribution >= 4 is 17.9 Å². The highest BCUT2D eigenvalue weighted by Crippen LogP contribution is 2.37. The van der Waals surface area contributed by atoms with E-state index >= 15 is 0 Å². The lowest BCUT2D eigenvalue weighted by Gasteiger charge is -2.48. The Kier molecular flexibility index (Phi) is 21.7. The van der Waals surface area contributed by atoms with Gasteiger partial charge in [-0.3, -0.25) is 14.4 Å². The highest BCUT2D eigenvalue weighted by molar-refractivity contribution is 5.68. The van der Waals surface area contributed by atoms with E-state index in [-0.39, 0.29) is 13.0 Å². The molecule has 348 valence electrons. The molecule has 0 saturated carbocycles. The fourth-order valence-corrected chi connectivity index (χ4v) is 7.72. The van der Waals surface area contributed by atoms with E-state index in [4.69, 9.17) is 37.9 Å². The van der Waals surface area contributed by atoms with Gasteiger partial charge in [-0.2, -0.15) is 0 Å². The average Bonchev–Trinajstić information content (AvgIpc) is 3.17. The Morgan fingerprint density at radius 3 is 1.59 bits per heavy atom. The van der Waals surface area contributed by atoms with Crippen molar-refractivity contribution in [1.82, 2.24) is 0 Å². The molecule has 3 fully saturated rings. The molecule has 5 N–H and O–H groups in total. The van der Waals surface area contributed by atoms with E-state index in [9.17, 15) is 39.9 Å². The van der Waals surface area contributed by atoms with E-state index in [0.29, 0.717) is 0 Å². The molecule has 0 spiro atoms. The molecule has 16 heteroatoms. The van der Waals surface area contributed by atoms with Gasteiger partial charge in [-0.15, -0.1) is 0 Å². The zero-order chi connectivity index (χ0) is 45.6. The summed E-state index contributed by atoms with van der Waals surface area (Å²) in [5, 5.41) is 53.9. The summed E-state index contributed by atoms with van der Waals surface area (Å²) in [6, 6.07) is 0. The maximum Gasteiger partial charge on any atom is 0.303 e. The number of ether oxygens (including phenoxy) is 8. The second kappa shape index (κ2) is 25.3. The van der Waals surface area contributed by atoms with Crippen molar-refractivity contribution in [1.29, 1.82) is 0 Å². The van der Waals surface area contributed by atoms with Gasteiger partial charge in [-0.05, 0) is 93.4 Å². The van der Waals surface area contributed by atoms with Crippen molar-refractivity contribution in [2.24, 2.45) is 5.92 Å². The van der Waals surface area contributed by atoms with E-state index in [1.54, 1.807) is 6.92 Å². The third-order valence-electron chi connectivity index (χ3n) is 11.2. The Morgan fingerprint density at radius 1 is 0.508 bits per heavy atom. The molecule has 0 unspecified atom stereocenters. The molecule has 16 nitrogen and oxygen atoms in total. The van der Waals surface area contributed by atoms with Crippen molar-refractivity contribution in [2.75, 3.05) is 13.2 Å². The van der Waals surface area contributed by atoms with Gasteiger partial charge in [0.1, 0.15) is 30.5 Å². The molecule has 0 aromatic rings. The number of rotatable bonds is 20. The van der Waals surface area contributed by atoms with Crippen molar-refractivity contribution in [3.63, 3.8) is 0 Å². The number of aliphatic hydroxyl groups is 5. The lowest BCUT2D eigenvalue weighted by Crippen LogP contribution is -2.63. The Morgan fingerprint density at radius 2 is 1.03 bits per heavy atom. The molecule has 3 aliphatic rings. The lowest BCUT2D eigenvalue weighted by atomic mass is 9.83. The largest absolute Gasteiger partial charge is 0.456 e. The second-order valence-corrected chi connectivity index (χ2v) is 16.9. The maximum atomic E-state index is 12.4. The Hall–Kier alpha value is -3.03. The van der Waals surface area contributed by atoms with E-state index in [2.05, 4.69) is 45.9 Å². The molecular weight excluding hydrogens is 796 g/mol. The Balaban J connectivity index is 1.78. The number of hydrogen-bond donors (Lipinski definition) is 5. The third kappa shape index (κ3) is 16.6. The maximum absolute atomic E-state index is 12.4. The molecule has 0 aliphatic carbocycles. The Labute approximate surface area is 360 Å². The summed E-state index contributed by atoms with van der Waals surface area (Å²) in [5.74, 6) is -3.16. The van der Waals surface area contributed by atoms with Crippen LogP contribution < -0.4 is 0 Å². The zero-order valence-electron chi connectivity index (χ0n) is 37.6. The van der Waals surface area contributed by atoms with Crippen LogP contribution in [-0.4, -0.2) is 142 Å². The van der Waals surface area contributed by atoms with Gasteiger partial charge in [0, 0.05) is 26.7 Å². The predicted octanol–water partition coefficient (Wildman–Crippen LogP) is 4.03. The van der Waals surface area contributed by atoms with Crippen LogP contribution in [-0.2, 0) is 52.3 Å². The number of aliphatic hydroxyl groups excluding tert-OH is 5. The van der Waals surface area contributed by atoms with Gasteiger partial charge in [-0.25, -0.2) is 0 Å². The minimum atomic E-state index is -1.61.